The summed E-state index contributed by atoms with van der Waals surface area (Å²) in [6.45, 7) is 8.72. The number of hydrogen-bond acceptors (Lipinski definition) is 3. The largest absolute Gasteiger partial charge is 0.396 e. The molecule has 0 aliphatic heterocycles. The van der Waals surface area contributed by atoms with E-state index < -0.39 is 0 Å². The van der Waals surface area contributed by atoms with E-state index in [4.69, 9.17) is 5.11 Å². The number of nitrogens with zero attached hydrogens (tertiary/aromatic N) is 1. The highest BCUT2D eigenvalue weighted by Gasteiger charge is 2.12. The number of anilines is 1. The van der Waals surface area contributed by atoms with Crippen LogP contribution in [0.4, 0.5) is 5.69 Å². The van der Waals surface area contributed by atoms with E-state index in [1.807, 2.05) is 0 Å². The number of aliphatic hydroxyl groups is 1. The van der Waals surface area contributed by atoms with E-state index in [-0.39, 0.29) is 5.54 Å². The van der Waals surface area contributed by atoms with Crippen LogP contribution in [0.2, 0.25) is 0 Å². The smallest absolute Gasteiger partial charge is 0.0431 e. The van der Waals surface area contributed by atoms with Gasteiger partial charge < -0.3 is 15.3 Å². The summed E-state index contributed by atoms with van der Waals surface area (Å²) in [4.78, 5) is 2.31. The van der Waals surface area contributed by atoms with Crippen LogP contribution in [0.15, 0.2) is 22.7 Å². The van der Waals surface area contributed by atoms with E-state index in [2.05, 4.69) is 72.2 Å². The molecule has 4 heteroatoms. The van der Waals surface area contributed by atoms with Gasteiger partial charge in [-0.25, -0.2) is 0 Å². The molecule has 1 aromatic rings. The molecule has 2 N–H and O–H groups in total. The third-order valence-electron chi connectivity index (χ3n) is 3.41. The van der Waals surface area contributed by atoms with Crippen LogP contribution in [0.25, 0.3) is 0 Å². The SMILES string of the molecule is CN(CCCCCO)c1ccc(Br)cc1CNC(C)(C)C. The number of benzene rings is 1. The van der Waals surface area contributed by atoms with Crippen LogP contribution in [0.5, 0.6) is 0 Å². The Balaban J connectivity index is 2.71. The van der Waals surface area contributed by atoms with Crippen molar-refractivity contribution in [3.63, 3.8) is 0 Å². The van der Waals surface area contributed by atoms with E-state index >= 15 is 0 Å². The summed E-state index contributed by atoms with van der Waals surface area (Å²) in [5, 5.41) is 12.4. The minimum absolute atomic E-state index is 0.110. The third kappa shape index (κ3) is 7.30. The maximum atomic E-state index is 8.84. The Bertz CT molecular complexity index is 429. The summed E-state index contributed by atoms with van der Waals surface area (Å²) in [5.74, 6) is 0. The summed E-state index contributed by atoms with van der Waals surface area (Å²) in [7, 11) is 2.14. The number of unbranched alkanes of at least 4 members (excludes halogenated alkanes) is 2. The maximum absolute atomic E-state index is 8.84. The summed E-state index contributed by atoms with van der Waals surface area (Å²) < 4.78 is 1.12. The molecule has 21 heavy (non-hydrogen) atoms. The molecule has 3 nitrogen and oxygen atoms in total. The second kappa shape index (κ2) is 8.76. The minimum Gasteiger partial charge on any atom is -0.396 e. The average molecular weight is 357 g/mol. The molecular weight excluding hydrogens is 328 g/mol. The van der Waals surface area contributed by atoms with Gasteiger partial charge in [0.1, 0.15) is 0 Å². The van der Waals surface area contributed by atoms with Crippen LogP contribution in [-0.4, -0.2) is 30.8 Å². The van der Waals surface area contributed by atoms with Crippen molar-refractivity contribution in [2.75, 3.05) is 25.1 Å². The number of halogens is 1. The van der Waals surface area contributed by atoms with Crippen LogP contribution in [-0.2, 0) is 6.54 Å². The number of nitrogens with one attached hydrogen (secondary N) is 1. The van der Waals surface area contributed by atoms with Crippen molar-refractivity contribution in [3.05, 3.63) is 28.2 Å². The molecule has 0 atom stereocenters. The molecule has 120 valence electrons. The zero-order chi connectivity index (χ0) is 15.9. The molecule has 0 unspecified atom stereocenters. The third-order valence-corrected chi connectivity index (χ3v) is 3.91. The number of rotatable bonds is 8. The monoisotopic (exact) mass is 356 g/mol. The number of aliphatic hydroxyl groups excluding tert-OH is 1. The molecule has 0 heterocycles. The summed E-state index contributed by atoms with van der Waals surface area (Å²) in [5.41, 5.74) is 2.70. The van der Waals surface area contributed by atoms with Gasteiger partial charge in [-0.05, 0) is 63.8 Å². The second-order valence-electron chi connectivity index (χ2n) is 6.58. The predicted octanol–water partition coefficient (Wildman–Crippen LogP) is 3.94. The van der Waals surface area contributed by atoms with Crippen LogP contribution in [0.1, 0.15) is 45.6 Å². The summed E-state index contributed by atoms with van der Waals surface area (Å²) in [6.07, 6.45) is 3.08. The average Bonchev–Trinajstić information content (AvgIpc) is 2.40. The Morgan fingerprint density at radius 2 is 1.90 bits per heavy atom. The second-order valence-corrected chi connectivity index (χ2v) is 7.50. The first-order valence-electron chi connectivity index (χ1n) is 7.69. The van der Waals surface area contributed by atoms with Gasteiger partial charge in [0.05, 0.1) is 0 Å². The van der Waals surface area contributed by atoms with Gasteiger partial charge in [0.25, 0.3) is 0 Å². The fourth-order valence-electron chi connectivity index (χ4n) is 2.19. The van der Waals surface area contributed by atoms with Gasteiger partial charge in [-0.2, -0.15) is 0 Å². The van der Waals surface area contributed by atoms with Crippen molar-refractivity contribution in [1.82, 2.24) is 5.32 Å². The van der Waals surface area contributed by atoms with Gasteiger partial charge in [-0.15, -0.1) is 0 Å². The van der Waals surface area contributed by atoms with E-state index in [0.717, 1.165) is 36.8 Å². The van der Waals surface area contributed by atoms with Gasteiger partial charge in [0, 0.05) is 42.4 Å². The van der Waals surface area contributed by atoms with Gasteiger partial charge in [0.15, 0.2) is 0 Å². The summed E-state index contributed by atoms with van der Waals surface area (Å²) >= 11 is 3.57. The van der Waals surface area contributed by atoms with Crippen molar-refractivity contribution in [2.24, 2.45) is 0 Å². The lowest BCUT2D eigenvalue weighted by atomic mass is 10.1. The lowest BCUT2D eigenvalue weighted by molar-refractivity contribution is 0.283. The molecule has 0 amide bonds. The lowest BCUT2D eigenvalue weighted by Crippen LogP contribution is -2.35. The highest BCUT2D eigenvalue weighted by Crippen LogP contribution is 2.25. The highest BCUT2D eigenvalue weighted by molar-refractivity contribution is 9.10. The number of hydrogen-bond donors (Lipinski definition) is 2. The molecule has 0 bridgehead atoms. The maximum Gasteiger partial charge on any atom is 0.0431 e. The molecule has 0 radical (unpaired) electrons. The fraction of sp³-hybridized carbons (Fsp3) is 0.647. The van der Waals surface area contributed by atoms with Crippen LogP contribution >= 0.6 is 15.9 Å². The molecule has 0 fully saturated rings. The Labute approximate surface area is 137 Å². The lowest BCUT2D eigenvalue weighted by Gasteiger charge is -2.26. The van der Waals surface area contributed by atoms with Crippen molar-refractivity contribution in [3.8, 4) is 0 Å². The van der Waals surface area contributed by atoms with Gasteiger partial charge in [-0.3, -0.25) is 0 Å². The van der Waals surface area contributed by atoms with Gasteiger partial charge in [0.2, 0.25) is 0 Å². The molecule has 0 aromatic heterocycles. The minimum atomic E-state index is 0.110. The first-order valence-corrected chi connectivity index (χ1v) is 8.48. The zero-order valence-electron chi connectivity index (χ0n) is 13.7. The molecule has 0 aliphatic rings. The van der Waals surface area contributed by atoms with Crippen molar-refractivity contribution in [2.45, 2.75) is 52.1 Å². The van der Waals surface area contributed by atoms with Crippen LogP contribution in [0, 0.1) is 0 Å². The molecule has 0 saturated heterocycles. The first kappa shape index (κ1) is 18.5. The molecule has 0 aliphatic carbocycles. The van der Waals surface area contributed by atoms with Crippen molar-refractivity contribution >= 4 is 21.6 Å². The van der Waals surface area contributed by atoms with E-state index in [9.17, 15) is 0 Å². The predicted molar refractivity (Wildman–Crippen MR) is 94.9 cm³/mol. The molecule has 1 rings (SSSR count). The summed E-state index contributed by atoms with van der Waals surface area (Å²) in [6, 6.07) is 6.47. The Hall–Kier alpha value is -0.580. The Kier molecular flexibility index (Phi) is 7.71. The van der Waals surface area contributed by atoms with E-state index in [1.165, 1.54) is 11.3 Å². The normalized spacial score (nSPS) is 11.7. The van der Waals surface area contributed by atoms with Crippen LogP contribution < -0.4 is 10.2 Å². The van der Waals surface area contributed by atoms with E-state index in [1.54, 1.807) is 0 Å². The quantitative estimate of drug-likeness (QED) is 0.692. The van der Waals surface area contributed by atoms with Crippen LogP contribution in [0.3, 0.4) is 0 Å². The van der Waals surface area contributed by atoms with Crippen molar-refractivity contribution in [1.29, 1.82) is 0 Å². The Morgan fingerprint density at radius 3 is 2.52 bits per heavy atom. The Morgan fingerprint density at radius 1 is 1.19 bits per heavy atom. The molecule has 1 aromatic carbocycles. The zero-order valence-corrected chi connectivity index (χ0v) is 15.3. The first-order chi connectivity index (χ1) is 9.83. The highest BCUT2D eigenvalue weighted by atomic mass is 79.9. The fourth-order valence-corrected chi connectivity index (χ4v) is 2.59. The topological polar surface area (TPSA) is 35.5 Å². The van der Waals surface area contributed by atoms with Gasteiger partial charge >= 0.3 is 0 Å². The van der Waals surface area contributed by atoms with E-state index in [0.29, 0.717) is 6.61 Å². The molecule has 0 spiro atoms. The van der Waals surface area contributed by atoms with Crippen molar-refractivity contribution < 1.29 is 5.11 Å². The molecule has 0 saturated carbocycles. The molecular formula is C17H29BrN2O. The van der Waals surface area contributed by atoms with Gasteiger partial charge in [-0.1, -0.05) is 15.9 Å². The standard InChI is InChI=1S/C17H29BrN2O/c1-17(2,3)19-13-14-12-15(18)8-9-16(14)20(4)10-6-5-7-11-21/h8-9,12,19,21H,5-7,10-11,13H2,1-4H3.